The first-order valence-electron chi connectivity index (χ1n) is 11.5. The van der Waals surface area contributed by atoms with Gasteiger partial charge >= 0.3 is 12.1 Å². The van der Waals surface area contributed by atoms with E-state index in [1.165, 1.54) is 5.57 Å². The second-order valence-corrected chi connectivity index (χ2v) is 9.23. The highest BCUT2D eigenvalue weighted by molar-refractivity contribution is 5.75. The fourth-order valence-electron chi connectivity index (χ4n) is 5.82. The molecular formula is C22H35FN4O3. The van der Waals surface area contributed by atoms with E-state index in [1.54, 1.807) is 0 Å². The minimum Gasteiger partial charge on any atom is -0.450 e. The van der Waals surface area contributed by atoms with Crippen molar-refractivity contribution in [2.24, 2.45) is 5.41 Å². The third-order valence-electron chi connectivity index (χ3n) is 7.41. The van der Waals surface area contributed by atoms with Crippen LogP contribution in [0.2, 0.25) is 0 Å². The van der Waals surface area contributed by atoms with E-state index in [2.05, 4.69) is 16.3 Å². The van der Waals surface area contributed by atoms with Crippen molar-refractivity contribution in [3.8, 4) is 0 Å². The average molecular weight is 423 g/mol. The maximum atomic E-state index is 12.4. The number of rotatable bonds is 5. The van der Waals surface area contributed by atoms with Crippen molar-refractivity contribution in [1.29, 1.82) is 0 Å². The van der Waals surface area contributed by atoms with Crippen molar-refractivity contribution >= 4 is 12.1 Å². The van der Waals surface area contributed by atoms with Crippen molar-refractivity contribution in [3.63, 3.8) is 0 Å². The molecule has 0 aromatic heterocycles. The van der Waals surface area contributed by atoms with Crippen LogP contribution in [0.5, 0.6) is 0 Å². The number of amides is 3. The first-order chi connectivity index (χ1) is 14.5. The molecule has 3 amide bonds. The largest absolute Gasteiger partial charge is 0.450 e. The van der Waals surface area contributed by atoms with Crippen LogP contribution >= 0.6 is 0 Å². The minimum atomic E-state index is -0.525. The Bertz CT molecular complexity index is 679. The smallest absolute Gasteiger partial charge is 0.409 e. The number of alkyl halides is 1. The maximum Gasteiger partial charge on any atom is 0.409 e. The second-order valence-electron chi connectivity index (χ2n) is 9.23. The zero-order valence-corrected chi connectivity index (χ0v) is 18.1. The Hall–Kier alpha value is -1.83. The third kappa shape index (κ3) is 4.29. The maximum absolute atomic E-state index is 12.4. The van der Waals surface area contributed by atoms with Gasteiger partial charge in [-0.15, -0.1) is 0 Å². The minimum absolute atomic E-state index is 0.0892. The molecule has 2 saturated heterocycles. The molecule has 4 aliphatic rings. The number of halogens is 1. The quantitative estimate of drug-likeness (QED) is 0.692. The van der Waals surface area contributed by atoms with Crippen LogP contribution in [0.3, 0.4) is 0 Å². The molecule has 4 rings (SSSR count). The normalized spacial score (nSPS) is 31.6. The summed E-state index contributed by atoms with van der Waals surface area (Å²) in [5.41, 5.74) is 1.65. The molecule has 0 unspecified atom stereocenters. The van der Waals surface area contributed by atoms with Gasteiger partial charge in [-0.3, -0.25) is 4.90 Å². The number of carbonyl (C=O) groups excluding carboxylic acids is 2. The van der Waals surface area contributed by atoms with Gasteiger partial charge in [0.1, 0.15) is 6.67 Å². The Balaban J connectivity index is 1.26. The third-order valence-corrected chi connectivity index (χ3v) is 7.41. The van der Waals surface area contributed by atoms with Gasteiger partial charge in [0.25, 0.3) is 0 Å². The van der Waals surface area contributed by atoms with E-state index in [-0.39, 0.29) is 30.1 Å². The Morgan fingerprint density at radius 1 is 1.30 bits per heavy atom. The van der Waals surface area contributed by atoms with E-state index in [1.807, 2.05) is 16.7 Å². The number of carbonyl (C=O) groups is 2. The van der Waals surface area contributed by atoms with Gasteiger partial charge in [-0.1, -0.05) is 6.08 Å². The Labute approximate surface area is 178 Å². The fourth-order valence-corrected chi connectivity index (χ4v) is 5.82. The molecule has 3 aliphatic heterocycles. The fraction of sp³-hybridized carbons (Fsp3) is 0.818. The van der Waals surface area contributed by atoms with E-state index < -0.39 is 6.67 Å². The van der Waals surface area contributed by atoms with Gasteiger partial charge in [0.15, 0.2) is 0 Å². The summed E-state index contributed by atoms with van der Waals surface area (Å²) in [6, 6.07) is 0.636. The van der Waals surface area contributed by atoms with Crippen molar-refractivity contribution in [2.45, 2.75) is 57.5 Å². The van der Waals surface area contributed by atoms with Gasteiger partial charge in [0.2, 0.25) is 0 Å². The second kappa shape index (κ2) is 9.12. The zero-order chi connectivity index (χ0) is 21.1. The lowest BCUT2D eigenvalue weighted by Crippen LogP contribution is -2.54. The predicted octanol–water partition coefficient (Wildman–Crippen LogP) is 2.77. The first-order valence-corrected chi connectivity index (χ1v) is 11.5. The molecule has 0 aromatic rings. The lowest BCUT2D eigenvalue weighted by molar-refractivity contribution is 0.00978. The standard InChI is InChI=1S/C22H35FN4O3/c1-2-30-21(29)26-13-7-22(16-26)14-18(15-22)25-11-5-17(6-12-25)19-4-3-10-27(19)20(28)24-9-8-23/h5,18-19H,2-4,6-16H2,1H3,(H,24,28)/t18?,19-,22?/m0/s1. The van der Waals surface area contributed by atoms with E-state index in [9.17, 15) is 14.0 Å². The zero-order valence-electron chi connectivity index (χ0n) is 18.1. The summed E-state index contributed by atoms with van der Waals surface area (Å²) >= 11 is 0. The van der Waals surface area contributed by atoms with E-state index in [4.69, 9.17) is 4.74 Å². The number of hydrogen-bond acceptors (Lipinski definition) is 4. The van der Waals surface area contributed by atoms with Crippen molar-refractivity contribution in [2.75, 3.05) is 52.6 Å². The monoisotopic (exact) mass is 422 g/mol. The summed E-state index contributed by atoms with van der Waals surface area (Å²) in [7, 11) is 0. The molecule has 1 saturated carbocycles. The van der Waals surface area contributed by atoms with Crippen LogP contribution < -0.4 is 5.32 Å². The molecule has 1 atom stereocenters. The molecule has 0 bridgehead atoms. The average Bonchev–Trinajstić information content (AvgIpc) is 3.39. The summed E-state index contributed by atoms with van der Waals surface area (Å²) in [4.78, 5) is 30.6. The molecule has 3 fully saturated rings. The lowest BCUT2D eigenvalue weighted by atomic mass is 9.64. The van der Waals surface area contributed by atoms with Gasteiger partial charge < -0.3 is 19.9 Å². The van der Waals surface area contributed by atoms with Gasteiger partial charge in [-0.25, -0.2) is 14.0 Å². The molecule has 1 N–H and O–H groups in total. The highest BCUT2D eigenvalue weighted by Crippen LogP contribution is 2.50. The molecule has 30 heavy (non-hydrogen) atoms. The molecule has 168 valence electrons. The topological polar surface area (TPSA) is 65.1 Å². The number of nitrogens with one attached hydrogen (secondary N) is 1. The van der Waals surface area contributed by atoms with Crippen LogP contribution in [0, 0.1) is 5.41 Å². The van der Waals surface area contributed by atoms with Crippen LogP contribution in [0.25, 0.3) is 0 Å². The summed E-state index contributed by atoms with van der Waals surface area (Å²) in [5.74, 6) is 0. The number of nitrogens with zero attached hydrogens (tertiary/aromatic N) is 3. The van der Waals surface area contributed by atoms with Crippen LogP contribution in [-0.4, -0.2) is 91.5 Å². The van der Waals surface area contributed by atoms with Crippen molar-refractivity contribution in [3.05, 3.63) is 11.6 Å². The van der Waals surface area contributed by atoms with Crippen molar-refractivity contribution in [1.82, 2.24) is 20.0 Å². The summed E-state index contributed by atoms with van der Waals surface area (Å²) in [5, 5.41) is 2.67. The highest BCUT2D eigenvalue weighted by atomic mass is 19.1. The summed E-state index contributed by atoms with van der Waals surface area (Å²) < 4.78 is 17.5. The summed E-state index contributed by atoms with van der Waals surface area (Å²) in [6.45, 7) is 6.23. The molecule has 0 aromatic carbocycles. The van der Waals surface area contributed by atoms with E-state index in [0.29, 0.717) is 12.6 Å². The molecule has 3 heterocycles. The number of ether oxygens (including phenoxy) is 1. The molecule has 1 aliphatic carbocycles. The SMILES string of the molecule is CCOC(=O)N1CCC2(CC(N3CC=C([C@@H]4CCCN4C(=O)NCCF)CC3)C2)C1. The van der Waals surface area contributed by atoms with Crippen LogP contribution in [0.15, 0.2) is 11.6 Å². The number of hydrogen-bond donors (Lipinski definition) is 1. The van der Waals surface area contributed by atoms with Crippen molar-refractivity contribution < 1.29 is 18.7 Å². The van der Waals surface area contributed by atoms with Gasteiger partial charge in [-0.2, -0.15) is 0 Å². The molecule has 8 heteroatoms. The van der Waals surface area contributed by atoms with Crippen LogP contribution in [0.1, 0.15) is 45.4 Å². The highest BCUT2D eigenvalue weighted by Gasteiger charge is 2.51. The molecule has 1 spiro atoms. The predicted molar refractivity (Wildman–Crippen MR) is 112 cm³/mol. The van der Waals surface area contributed by atoms with Gasteiger partial charge in [0, 0.05) is 45.3 Å². The Kier molecular flexibility index (Phi) is 6.51. The molecule has 0 radical (unpaired) electrons. The van der Waals surface area contributed by atoms with Gasteiger partial charge in [-0.05, 0) is 56.4 Å². The van der Waals surface area contributed by atoms with Crippen LogP contribution in [-0.2, 0) is 4.74 Å². The Morgan fingerprint density at radius 3 is 2.83 bits per heavy atom. The lowest BCUT2D eigenvalue weighted by Gasteiger charge is -2.51. The Morgan fingerprint density at radius 2 is 2.13 bits per heavy atom. The molecular weight excluding hydrogens is 387 g/mol. The van der Waals surface area contributed by atoms with Crippen LogP contribution in [0.4, 0.5) is 14.0 Å². The molecule has 7 nitrogen and oxygen atoms in total. The number of urea groups is 1. The number of likely N-dealkylation sites (tertiary alicyclic amines) is 2. The summed E-state index contributed by atoms with van der Waals surface area (Å²) in [6.07, 6.45) is 8.57. The van der Waals surface area contributed by atoms with E-state index >= 15 is 0 Å². The first kappa shape index (κ1) is 21.4. The van der Waals surface area contributed by atoms with Gasteiger partial charge in [0.05, 0.1) is 12.6 Å². The van der Waals surface area contributed by atoms with E-state index in [0.717, 1.165) is 71.2 Å².